The number of rotatable bonds is 5. The first-order valence-electron chi connectivity index (χ1n) is 9.13. The van der Waals surface area contributed by atoms with Crippen LogP contribution in [0.3, 0.4) is 0 Å². The number of carbonyl (C=O) groups is 2. The number of benzene rings is 1. The molecule has 1 aromatic carbocycles. The molecule has 11 heteroatoms. The van der Waals surface area contributed by atoms with Gasteiger partial charge in [0.25, 0.3) is 5.91 Å². The SMILES string of the molecule is CN1C(=O)C(C)(C)C(c2cc(NC(=O)c3ccc(OC(F)F)cn3)ccc2F)N=C1N. The van der Waals surface area contributed by atoms with Crippen molar-refractivity contribution in [1.82, 2.24) is 9.88 Å². The van der Waals surface area contributed by atoms with Gasteiger partial charge in [-0.1, -0.05) is 0 Å². The molecule has 0 aliphatic carbocycles. The third kappa shape index (κ3) is 4.44. The van der Waals surface area contributed by atoms with E-state index < -0.39 is 29.8 Å². The Labute approximate surface area is 175 Å². The van der Waals surface area contributed by atoms with Crippen molar-refractivity contribution in [2.45, 2.75) is 26.5 Å². The largest absolute Gasteiger partial charge is 0.433 e. The molecule has 2 heterocycles. The summed E-state index contributed by atoms with van der Waals surface area (Å²) in [7, 11) is 1.48. The van der Waals surface area contributed by atoms with Crippen molar-refractivity contribution in [1.29, 1.82) is 0 Å². The van der Waals surface area contributed by atoms with Crippen molar-refractivity contribution in [2.24, 2.45) is 16.1 Å². The maximum absolute atomic E-state index is 14.6. The minimum atomic E-state index is -3.01. The van der Waals surface area contributed by atoms with Crippen LogP contribution in [0, 0.1) is 11.2 Å². The summed E-state index contributed by atoms with van der Waals surface area (Å²) in [5.41, 5.74) is 4.97. The van der Waals surface area contributed by atoms with Crippen molar-refractivity contribution in [3.63, 3.8) is 0 Å². The van der Waals surface area contributed by atoms with Crippen molar-refractivity contribution in [2.75, 3.05) is 12.4 Å². The Morgan fingerprint density at radius 2 is 2.00 bits per heavy atom. The molecular formula is C20H20F3N5O3. The van der Waals surface area contributed by atoms with Gasteiger partial charge in [0.1, 0.15) is 17.3 Å². The number of aromatic nitrogens is 1. The number of nitrogens with two attached hydrogens (primary N) is 1. The number of amides is 2. The minimum absolute atomic E-state index is 0.0431. The number of halogens is 3. The number of anilines is 1. The van der Waals surface area contributed by atoms with Gasteiger partial charge in [-0.05, 0) is 44.2 Å². The topological polar surface area (TPSA) is 110 Å². The molecule has 0 radical (unpaired) electrons. The van der Waals surface area contributed by atoms with Gasteiger partial charge in [-0.15, -0.1) is 0 Å². The number of guanidine groups is 1. The van der Waals surface area contributed by atoms with E-state index in [2.05, 4.69) is 20.0 Å². The fourth-order valence-electron chi connectivity index (χ4n) is 3.21. The molecule has 3 rings (SSSR count). The summed E-state index contributed by atoms with van der Waals surface area (Å²) in [5.74, 6) is -1.83. The van der Waals surface area contributed by atoms with E-state index in [1.54, 1.807) is 13.8 Å². The van der Waals surface area contributed by atoms with E-state index in [-0.39, 0.29) is 34.6 Å². The molecule has 3 N–H and O–H groups in total. The number of ether oxygens (including phenoxy) is 1. The van der Waals surface area contributed by atoms with Crippen LogP contribution in [0.4, 0.5) is 18.9 Å². The monoisotopic (exact) mass is 435 g/mol. The van der Waals surface area contributed by atoms with Gasteiger partial charge in [-0.2, -0.15) is 8.78 Å². The van der Waals surface area contributed by atoms with Crippen molar-refractivity contribution in [3.05, 3.63) is 53.6 Å². The highest BCUT2D eigenvalue weighted by Crippen LogP contribution is 2.42. The van der Waals surface area contributed by atoms with Crippen LogP contribution in [0.15, 0.2) is 41.5 Å². The van der Waals surface area contributed by atoms with E-state index in [0.29, 0.717) is 0 Å². The van der Waals surface area contributed by atoms with Crippen LogP contribution in [0.5, 0.6) is 5.75 Å². The summed E-state index contributed by atoms with van der Waals surface area (Å²) in [6.45, 7) is 0.250. The molecule has 1 atom stereocenters. The fourth-order valence-corrected chi connectivity index (χ4v) is 3.21. The molecule has 1 unspecified atom stereocenters. The third-order valence-corrected chi connectivity index (χ3v) is 4.89. The van der Waals surface area contributed by atoms with Crippen LogP contribution in [0.1, 0.15) is 35.9 Å². The molecule has 0 bridgehead atoms. The van der Waals surface area contributed by atoms with Crippen LogP contribution >= 0.6 is 0 Å². The Kier molecular flexibility index (Phi) is 5.87. The number of aliphatic imine (C=N–C) groups is 1. The number of alkyl halides is 2. The lowest BCUT2D eigenvalue weighted by molar-refractivity contribution is -0.137. The number of hydrogen-bond donors (Lipinski definition) is 2. The van der Waals surface area contributed by atoms with E-state index >= 15 is 0 Å². The maximum atomic E-state index is 14.6. The highest BCUT2D eigenvalue weighted by atomic mass is 19.3. The lowest BCUT2D eigenvalue weighted by atomic mass is 9.78. The molecule has 0 saturated heterocycles. The molecular weight excluding hydrogens is 415 g/mol. The standard InChI is InChI=1S/C20H20F3N5O3/c1-20(2)15(27-19(24)28(3)17(20)30)12-8-10(4-6-13(12)21)26-16(29)14-7-5-11(9-25-14)31-18(22)23/h4-9,15,18H,1-3H3,(H2,24,27)(H,26,29). The highest BCUT2D eigenvalue weighted by Gasteiger charge is 2.45. The van der Waals surface area contributed by atoms with E-state index in [0.717, 1.165) is 12.3 Å². The van der Waals surface area contributed by atoms with Crippen molar-refractivity contribution in [3.8, 4) is 5.75 Å². The molecule has 31 heavy (non-hydrogen) atoms. The summed E-state index contributed by atoms with van der Waals surface area (Å²) < 4.78 is 43.2. The molecule has 0 saturated carbocycles. The zero-order valence-corrected chi connectivity index (χ0v) is 16.9. The Morgan fingerprint density at radius 3 is 2.61 bits per heavy atom. The molecule has 1 aromatic heterocycles. The lowest BCUT2D eigenvalue weighted by Crippen LogP contribution is -2.51. The number of carbonyl (C=O) groups excluding carboxylic acids is 2. The van der Waals surface area contributed by atoms with Gasteiger partial charge in [0.2, 0.25) is 5.91 Å². The Hall–Kier alpha value is -3.63. The van der Waals surface area contributed by atoms with Gasteiger partial charge in [0, 0.05) is 18.3 Å². The van der Waals surface area contributed by atoms with Crippen LogP contribution in [-0.4, -0.2) is 41.3 Å². The summed E-state index contributed by atoms with van der Waals surface area (Å²) in [4.78, 5) is 34.3. The zero-order valence-electron chi connectivity index (χ0n) is 16.9. The summed E-state index contributed by atoms with van der Waals surface area (Å²) in [5, 5.41) is 2.55. The minimum Gasteiger partial charge on any atom is -0.433 e. The number of hydrogen-bond acceptors (Lipinski definition) is 6. The molecule has 0 fully saturated rings. The van der Waals surface area contributed by atoms with Gasteiger partial charge in [0.05, 0.1) is 17.7 Å². The first kappa shape index (κ1) is 22.1. The maximum Gasteiger partial charge on any atom is 0.387 e. The Morgan fingerprint density at radius 1 is 1.29 bits per heavy atom. The second kappa shape index (κ2) is 8.25. The number of nitrogens with zero attached hydrogens (tertiary/aromatic N) is 3. The summed E-state index contributed by atoms with van der Waals surface area (Å²) in [6.07, 6.45) is 0.987. The first-order valence-corrected chi connectivity index (χ1v) is 9.13. The predicted molar refractivity (Wildman–Crippen MR) is 106 cm³/mol. The molecule has 2 amide bonds. The normalized spacial score (nSPS) is 18.0. The van der Waals surface area contributed by atoms with Crippen LogP contribution in [-0.2, 0) is 4.79 Å². The quantitative estimate of drug-likeness (QED) is 0.751. The van der Waals surface area contributed by atoms with Crippen LogP contribution < -0.4 is 15.8 Å². The van der Waals surface area contributed by atoms with E-state index in [1.807, 2.05) is 0 Å². The molecule has 0 spiro atoms. The second-order valence-corrected chi connectivity index (χ2v) is 7.42. The molecule has 1 aliphatic heterocycles. The van der Waals surface area contributed by atoms with Crippen molar-refractivity contribution < 1.29 is 27.5 Å². The second-order valence-electron chi connectivity index (χ2n) is 7.42. The summed E-state index contributed by atoms with van der Waals surface area (Å²) in [6, 6.07) is 5.32. The van der Waals surface area contributed by atoms with E-state index in [4.69, 9.17) is 5.73 Å². The lowest BCUT2D eigenvalue weighted by Gasteiger charge is -2.38. The van der Waals surface area contributed by atoms with Gasteiger partial charge < -0.3 is 15.8 Å². The van der Waals surface area contributed by atoms with Crippen LogP contribution in [0.25, 0.3) is 0 Å². The number of pyridine rings is 1. The third-order valence-electron chi connectivity index (χ3n) is 4.89. The Balaban J connectivity index is 1.86. The van der Waals surface area contributed by atoms with Gasteiger partial charge in [-0.25, -0.2) is 14.4 Å². The average molecular weight is 435 g/mol. The van der Waals surface area contributed by atoms with E-state index in [1.165, 1.54) is 36.2 Å². The Bertz CT molecular complexity index is 1040. The molecule has 164 valence electrons. The smallest absolute Gasteiger partial charge is 0.387 e. The molecule has 8 nitrogen and oxygen atoms in total. The average Bonchev–Trinajstić information content (AvgIpc) is 2.71. The van der Waals surface area contributed by atoms with Gasteiger partial charge in [0.15, 0.2) is 5.96 Å². The molecule has 1 aliphatic rings. The predicted octanol–water partition coefficient (Wildman–Crippen LogP) is 2.93. The van der Waals surface area contributed by atoms with Gasteiger partial charge in [-0.3, -0.25) is 14.5 Å². The highest BCUT2D eigenvalue weighted by molar-refractivity contribution is 6.03. The first-order chi connectivity index (χ1) is 14.5. The van der Waals surface area contributed by atoms with Crippen LogP contribution in [0.2, 0.25) is 0 Å². The van der Waals surface area contributed by atoms with Gasteiger partial charge >= 0.3 is 6.61 Å². The number of nitrogens with one attached hydrogen (secondary N) is 1. The summed E-state index contributed by atoms with van der Waals surface area (Å²) >= 11 is 0. The van der Waals surface area contributed by atoms with E-state index in [9.17, 15) is 22.8 Å². The molecule has 2 aromatic rings. The zero-order chi connectivity index (χ0) is 22.9. The van der Waals surface area contributed by atoms with Crippen molar-refractivity contribution >= 4 is 23.5 Å². The fraction of sp³-hybridized carbons (Fsp3) is 0.300.